The molecule has 0 saturated carbocycles. The Kier molecular flexibility index (Phi) is 4.98. The third-order valence-corrected chi connectivity index (χ3v) is 4.63. The molecule has 0 radical (unpaired) electrons. The van der Waals surface area contributed by atoms with E-state index in [0.29, 0.717) is 11.6 Å². The van der Waals surface area contributed by atoms with E-state index in [2.05, 4.69) is 17.4 Å². The van der Waals surface area contributed by atoms with Crippen LogP contribution < -0.4 is 5.32 Å². The van der Waals surface area contributed by atoms with Crippen molar-refractivity contribution in [3.63, 3.8) is 0 Å². The first-order valence-electron chi connectivity index (χ1n) is 7.49. The first kappa shape index (κ1) is 15.6. The number of para-hydroxylation sites is 1. The van der Waals surface area contributed by atoms with Gasteiger partial charge in [0, 0.05) is 5.69 Å². The number of amides is 2. The predicted molar refractivity (Wildman–Crippen MR) is 93.4 cm³/mol. The van der Waals surface area contributed by atoms with Crippen LogP contribution >= 0.6 is 11.8 Å². The van der Waals surface area contributed by atoms with Crippen molar-refractivity contribution in [1.82, 2.24) is 4.90 Å². The lowest BCUT2D eigenvalue weighted by Crippen LogP contribution is -2.34. The minimum absolute atomic E-state index is 0.0303. The molecule has 2 aromatic rings. The second-order valence-corrected chi connectivity index (χ2v) is 6.39. The minimum atomic E-state index is -0.152. The topological polar surface area (TPSA) is 49.4 Å². The molecule has 0 spiro atoms. The molecule has 2 amide bonds. The van der Waals surface area contributed by atoms with Crippen molar-refractivity contribution in [2.24, 2.45) is 0 Å². The number of nitrogens with zero attached hydrogens (tertiary/aromatic N) is 1. The number of carbonyl (C=O) groups excluding carboxylic acids is 2. The lowest BCUT2D eigenvalue weighted by Gasteiger charge is -2.16. The normalized spacial score (nSPS) is 14.1. The monoisotopic (exact) mass is 326 g/mol. The summed E-state index contributed by atoms with van der Waals surface area (Å²) in [7, 11) is 0. The second kappa shape index (κ2) is 7.33. The summed E-state index contributed by atoms with van der Waals surface area (Å²) in [5, 5.41) is 2.94. The standard InChI is InChI=1S/C18H18N2O2S/c21-17(11-20-13-23-12-18(20)22)19-16-9-5-4-8-15(16)10-14-6-2-1-3-7-14/h1-9H,10-13H2,(H,19,21). The molecule has 3 rings (SSSR count). The van der Waals surface area contributed by atoms with Crippen molar-refractivity contribution < 1.29 is 9.59 Å². The largest absolute Gasteiger partial charge is 0.324 e. The maximum atomic E-state index is 12.2. The van der Waals surface area contributed by atoms with Gasteiger partial charge in [0.2, 0.25) is 11.8 Å². The Hall–Kier alpha value is -2.27. The van der Waals surface area contributed by atoms with Gasteiger partial charge < -0.3 is 10.2 Å². The summed E-state index contributed by atoms with van der Waals surface area (Å²) in [6.07, 6.45) is 0.760. The highest BCUT2D eigenvalue weighted by molar-refractivity contribution is 8.00. The quantitative estimate of drug-likeness (QED) is 0.919. The minimum Gasteiger partial charge on any atom is -0.324 e. The van der Waals surface area contributed by atoms with E-state index in [1.807, 2.05) is 42.5 Å². The van der Waals surface area contributed by atoms with Crippen LogP contribution in [0.5, 0.6) is 0 Å². The molecule has 5 heteroatoms. The Morgan fingerprint density at radius 3 is 2.57 bits per heavy atom. The van der Waals surface area contributed by atoms with E-state index in [9.17, 15) is 9.59 Å². The molecule has 4 nitrogen and oxygen atoms in total. The summed E-state index contributed by atoms with van der Waals surface area (Å²) in [6, 6.07) is 17.9. The van der Waals surface area contributed by atoms with Crippen molar-refractivity contribution in [2.45, 2.75) is 6.42 Å². The third-order valence-electron chi connectivity index (χ3n) is 3.69. The number of carbonyl (C=O) groups is 2. The van der Waals surface area contributed by atoms with Crippen LogP contribution in [0.3, 0.4) is 0 Å². The zero-order chi connectivity index (χ0) is 16.1. The molecule has 1 saturated heterocycles. The number of hydrogen-bond acceptors (Lipinski definition) is 3. The number of thioether (sulfide) groups is 1. The van der Waals surface area contributed by atoms with Crippen LogP contribution in [0.25, 0.3) is 0 Å². The van der Waals surface area contributed by atoms with Crippen molar-refractivity contribution >= 4 is 29.3 Å². The van der Waals surface area contributed by atoms with Crippen LogP contribution in [0.2, 0.25) is 0 Å². The van der Waals surface area contributed by atoms with Crippen molar-refractivity contribution in [3.8, 4) is 0 Å². The molecule has 0 aliphatic carbocycles. The van der Waals surface area contributed by atoms with Gasteiger partial charge in [-0.2, -0.15) is 0 Å². The summed E-state index contributed by atoms with van der Waals surface area (Å²) in [5.41, 5.74) is 3.06. The lowest BCUT2D eigenvalue weighted by molar-refractivity contribution is -0.130. The molecule has 1 aliphatic rings. The molecule has 1 aliphatic heterocycles. The number of anilines is 1. The molecule has 0 aromatic heterocycles. The molecule has 0 atom stereocenters. The van der Waals surface area contributed by atoms with Crippen LogP contribution in [-0.4, -0.2) is 34.9 Å². The Bertz CT molecular complexity index is 703. The van der Waals surface area contributed by atoms with Crippen LogP contribution in [0.15, 0.2) is 54.6 Å². The van der Waals surface area contributed by atoms with Crippen molar-refractivity contribution in [1.29, 1.82) is 0 Å². The lowest BCUT2D eigenvalue weighted by atomic mass is 10.0. The van der Waals surface area contributed by atoms with Crippen LogP contribution in [0.4, 0.5) is 5.69 Å². The number of benzene rings is 2. The zero-order valence-electron chi connectivity index (χ0n) is 12.7. The van der Waals surface area contributed by atoms with Gasteiger partial charge >= 0.3 is 0 Å². The van der Waals surface area contributed by atoms with Crippen molar-refractivity contribution in [2.75, 3.05) is 23.5 Å². The SMILES string of the molecule is O=C(CN1CSCC1=O)Nc1ccccc1Cc1ccccc1. The molecule has 118 valence electrons. The van der Waals surface area contributed by atoms with E-state index in [0.717, 1.165) is 17.7 Å². The maximum Gasteiger partial charge on any atom is 0.244 e. The molecular weight excluding hydrogens is 308 g/mol. The molecule has 0 bridgehead atoms. The highest BCUT2D eigenvalue weighted by Crippen LogP contribution is 2.20. The Balaban J connectivity index is 1.68. The molecule has 1 fully saturated rings. The highest BCUT2D eigenvalue weighted by atomic mass is 32.2. The first-order chi connectivity index (χ1) is 11.2. The fourth-order valence-electron chi connectivity index (χ4n) is 2.52. The summed E-state index contributed by atoms with van der Waals surface area (Å²) >= 11 is 1.54. The van der Waals surface area contributed by atoms with Gasteiger partial charge in [-0.05, 0) is 23.6 Å². The van der Waals surface area contributed by atoms with Crippen LogP contribution in [0, 0.1) is 0 Å². The number of hydrogen-bond donors (Lipinski definition) is 1. The Morgan fingerprint density at radius 1 is 1.09 bits per heavy atom. The molecule has 1 N–H and O–H groups in total. The summed E-state index contributed by atoms with van der Waals surface area (Å²) in [4.78, 5) is 25.4. The molecule has 2 aromatic carbocycles. The molecule has 0 unspecified atom stereocenters. The molecule has 1 heterocycles. The Labute approximate surface area is 139 Å². The predicted octanol–water partition coefficient (Wildman–Crippen LogP) is 2.75. The van der Waals surface area contributed by atoms with Gasteiger partial charge in [0.05, 0.1) is 11.6 Å². The average Bonchev–Trinajstić information content (AvgIpc) is 2.95. The number of rotatable bonds is 5. The van der Waals surface area contributed by atoms with Gasteiger partial charge in [0.1, 0.15) is 6.54 Å². The van der Waals surface area contributed by atoms with Gasteiger partial charge in [-0.1, -0.05) is 48.5 Å². The molecule has 23 heavy (non-hydrogen) atoms. The fraction of sp³-hybridized carbons (Fsp3) is 0.222. The third kappa shape index (κ3) is 4.13. The average molecular weight is 326 g/mol. The van der Waals surface area contributed by atoms with Gasteiger partial charge in [0.15, 0.2) is 0 Å². The van der Waals surface area contributed by atoms with Gasteiger partial charge in [-0.15, -0.1) is 11.8 Å². The Morgan fingerprint density at radius 2 is 1.83 bits per heavy atom. The van der Waals surface area contributed by atoms with Crippen molar-refractivity contribution in [3.05, 3.63) is 65.7 Å². The van der Waals surface area contributed by atoms with Crippen LogP contribution in [-0.2, 0) is 16.0 Å². The van der Waals surface area contributed by atoms with E-state index in [-0.39, 0.29) is 18.4 Å². The fourth-order valence-corrected chi connectivity index (χ4v) is 3.42. The van der Waals surface area contributed by atoms with Gasteiger partial charge in [0.25, 0.3) is 0 Å². The van der Waals surface area contributed by atoms with Crippen LogP contribution in [0.1, 0.15) is 11.1 Å². The van der Waals surface area contributed by atoms with E-state index in [1.54, 1.807) is 4.90 Å². The van der Waals surface area contributed by atoms with E-state index in [4.69, 9.17) is 0 Å². The van der Waals surface area contributed by atoms with E-state index in [1.165, 1.54) is 17.3 Å². The van der Waals surface area contributed by atoms with Gasteiger partial charge in [-0.3, -0.25) is 9.59 Å². The smallest absolute Gasteiger partial charge is 0.244 e. The zero-order valence-corrected chi connectivity index (χ0v) is 13.5. The first-order valence-corrected chi connectivity index (χ1v) is 8.65. The number of nitrogens with one attached hydrogen (secondary N) is 1. The van der Waals surface area contributed by atoms with E-state index < -0.39 is 0 Å². The maximum absolute atomic E-state index is 12.2. The summed E-state index contributed by atoms with van der Waals surface area (Å²) in [5.74, 6) is 0.944. The second-order valence-electron chi connectivity index (χ2n) is 5.44. The van der Waals surface area contributed by atoms with E-state index >= 15 is 0 Å². The summed E-state index contributed by atoms with van der Waals surface area (Å²) < 4.78 is 0. The van der Waals surface area contributed by atoms with Gasteiger partial charge in [-0.25, -0.2) is 0 Å². The molecular formula is C18H18N2O2S. The summed E-state index contributed by atoms with van der Waals surface area (Å²) in [6.45, 7) is 0.117. The highest BCUT2D eigenvalue weighted by Gasteiger charge is 2.23.